The van der Waals surface area contributed by atoms with Crippen molar-refractivity contribution in [3.63, 3.8) is 0 Å². The topological polar surface area (TPSA) is 49.4 Å². The first kappa shape index (κ1) is 19.6. The van der Waals surface area contributed by atoms with Crippen molar-refractivity contribution >= 4 is 11.8 Å². The number of carbonyl (C=O) groups excluding carboxylic acids is 2. The van der Waals surface area contributed by atoms with Crippen LogP contribution in [-0.2, 0) is 24.2 Å². The number of nitrogens with one attached hydrogen (secondary N) is 1. The molecule has 1 N–H and O–H groups in total. The summed E-state index contributed by atoms with van der Waals surface area (Å²) in [4.78, 5) is 28.7. The zero-order valence-electron chi connectivity index (χ0n) is 17.7. The van der Waals surface area contributed by atoms with E-state index in [9.17, 15) is 9.59 Å². The van der Waals surface area contributed by atoms with Crippen LogP contribution in [0.2, 0.25) is 0 Å². The number of amides is 2. The number of aryl methyl sites for hydroxylation is 1. The summed E-state index contributed by atoms with van der Waals surface area (Å²) >= 11 is 0. The van der Waals surface area contributed by atoms with Gasteiger partial charge in [0.25, 0.3) is 5.91 Å². The van der Waals surface area contributed by atoms with Crippen molar-refractivity contribution in [3.8, 4) is 0 Å². The van der Waals surface area contributed by atoms with Gasteiger partial charge in [0.2, 0.25) is 5.91 Å². The quantitative estimate of drug-likeness (QED) is 0.693. The van der Waals surface area contributed by atoms with Gasteiger partial charge in [0.1, 0.15) is 0 Å². The summed E-state index contributed by atoms with van der Waals surface area (Å²) in [6.07, 6.45) is 1.81. The lowest BCUT2D eigenvalue weighted by atomic mass is 9.76. The maximum atomic E-state index is 13.6. The highest BCUT2D eigenvalue weighted by atomic mass is 16.2. The summed E-state index contributed by atoms with van der Waals surface area (Å²) in [5.41, 5.74) is 6.14. The standard InChI is InChI=1S/C27H26N2O2/c1-2-18-11-13-19(14-12-18)17-28-26(30)24-22-9-5-6-10-23(22)27(31)29-16-15-20-7-3-4-8-21(20)25(24)29/h3-14,24-25H,2,15-17H2,1H3,(H,28,30)/t24-,25-/m1/s1. The van der Waals surface area contributed by atoms with Crippen molar-refractivity contribution in [2.75, 3.05) is 6.54 Å². The lowest BCUT2D eigenvalue weighted by molar-refractivity contribution is -0.124. The minimum absolute atomic E-state index is 0.0225. The van der Waals surface area contributed by atoms with Gasteiger partial charge in [-0.3, -0.25) is 9.59 Å². The Labute approximate surface area is 182 Å². The largest absolute Gasteiger partial charge is 0.351 e. The molecule has 2 atom stereocenters. The fourth-order valence-electron chi connectivity index (χ4n) is 4.95. The van der Waals surface area contributed by atoms with E-state index in [-0.39, 0.29) is 17.9 Å². The Bertz CT molecular complexity index is 1140. The van der Waals surface area contributed by atoms with E-state index in [2.05, 4.69) is 48.6 Å². The molecule has 0 fully saturated rings. The molecule has 0 aliphatic carbocycles. The molecule has 4 heteroatoms. The summed E-state index contributed by atoms with van der Waals surface area (Å²) in [6.45, 7) is 3.24. The highest BCUT2D eigenvalue weighted by Gasteiger charge is 2.45. The smallest absolute Gasteiger partial charge is 0.254 e. The molecule has 0 unspecified atom stereocenters. The number of benzene rings is 3. The number of nitrogens with zero attached hydrogens (tertiary/aromatic N) is 1. The Morgan fingerprint density at radius 1 is 0.935 bits per heavy atom. The Morgan fingerprint density at radius 3 is 2.39 bits per heavy atom. The molecule has 5 rings (SSSR count). The maximum absolute atomic E-state index is 13.6. The lowest BCUT2D eigenvalue weighted by Crippen LogP contribution is -2.50. The first-order valence-corrected chi connectivity index (χ1v) is 11.0. The maximum Gasteiger partial charge on any atom is 0.254 e. The van der Waals surface area contributed by atoms with Crippen molar-refractivity contribution in [2.24, 2.45) is 0 Å². The van der Waals surface area contributed by atoms with Crippen LogP contribution in [0.15, 0.2) is 72.8 Å². The summed E-state index contributed by atoms with van der Waals surface area (Å²) in [6, 6.07) is 23.9. The molecular formula is C27H26N2O2. The number of fused-ring (bicyclic) bond motifs is 4. The van der Waals surface area contributed by atoms with Gasteiger partial charge in [-0.2, -0.15) is 0 Å². The van der Waals surface area contributed by atoms with E-state index in [0.717, 1.165) is 29.5 Å². The highest BCUT2D eigenvalue weighted by molar-refractivity contribution is 6.01. The Hall–Kier alpha value is -3.40. The molecule has 0 bridgehead atoms. The molecule has 3 aromatic carbocycles. The van der Waals surface area contributed by atoms with E-state index in [1.807, 2.05) is 41.3 Å². The molecule has 156 valence electrons. The molecule has 0 spiro atoms. The molecule has 0 radical (unpaired) electrons. The molecular weight excluding hydrogens is 384 g/mol. The third kappa shape index (κ3) is 3.42. The monoisotopic (exact) mass is 410 g/mol. The predicted octanol–water partition coefficient (Wildman–Crippen LogP) is 4.40. The zero-order chi connectivity index (χ0) is 21.4. The number of rotatable bonds is 4. The third-order valence-electron chi connectivity index (χ3n) is 6.61. The van der Waals surface area contributed by atoms with Gasteiger partial charge in [-0.15, -0.1) is 0 Å². The molecule has 0 saturated heterocycles. The van der Waals surface area contributed by atoms with Gasteiger partial charge >= 0.3 is 0 Å². The van der Waals surface area contributed by atoms with Crippen molar-refractivity contribution in [1.82, 2.24) is 10.2 Å². The zero-order valence-corrected chi connectivity index (χ0v) is 17.7. The van der Waals surface area contributed by atoms with Crippen molar-refractivity contribution in [2.45, 2.75) is 38.3 Å². The lowest BCUT2D eigenvalue weighted by Gasteiger charge is -2.45. The summed E-state index contributed by atoms with van der Waals surface area (Å²) in [5.74, 6) is -0.439. The fraction of sp³-hybridized carbons (Fsp3) is 0.259. The van der Waals surface area contributed by atoms with Crippen molar-refractivity contribution < 1.29 is 9.59 Å². The first-order valence-electron chi connectivity index (χ1n) is 11.0. The summed E-state index contributed by atoms with van der Waals surface area (Å²) in [7, 11) is 0. The Morgan fingerprint density at radius 2 is 1.61 bits per heavy atom. The second kappa shape index (κ2) is 8.03. The average Bonchev–Trinajstić information content (AvgIpc) is 2.83. The van der Waals surface area contributed by atoms with Gasteiger partial charge in [-0.25, -0.2) is 0 Å². The van der Waals surface area contributed by atoms with Crippen LogP contribution in [0.25, 0.3) is 0 Å². The first-order chi connectivity index (χ1) is 15.2. The van der Waals surface area contributed by atoms with Crippen molar-refractivity contribution in [3.05, 3.63) is 106 Å². The minimum atomic E-state index is -0.426. The number of hydrogen-bond acceptors (Lipinski definition) is 2. The van der Waals surface area contributed by atoms with E-state index in [1.54, 1.807) is 0 Å². The SMILES string of the molecule is CCc1ccc(CNC(=O)[C@@H]2c3ccccc3C(=O)N3CCc4ccccc4[C@H]23)cc1. The van der Waals surface area contributed by atoms with Crippen molar-refractivity contribution in [1.29, 1.82) is 0 Å². The average molecular weight is 411 g/mol. The van der Waals surface area contributed by atoms with Gasteiger partial charge in [0.05, 0.1) is 12.0 Å². The molecule has 2 aliphatic rings. The molecule has 2 aliphatic heterocycles. The highest BCUT2D eigenvalue weighted by Crippen LogP contribution is 2.45. The van der Waals surface area contributed by atoms with Gasteiger partial charge in [-0.1, -0.05) is 73.7 Å². The summed E-state index contributed by atoms with van der Waals surface area (Å²) < 4.78 is 0. The van der Waals surface area contributed by atoms with Crippen LogP contribution in [0.1, 0.15) is 57.1 Å². The van der Waals surface area contributed by atoms with E-state index >= 15 is 0 Å². The van der Waals surface area contributed by atoms with Crippen LogP contribution < -0.4 is 5.32 Å². The molecule has 2 amide bonds. The van der Waals surface area contributed by atoms with Crippen LogP contribution in [0.3, 0.4) is 0 Å². The molecule has 3 aromatic rings. The number of hydrogen-bond donors (Lipinski definition) is 1. The van der Waals surface area contributed by atoms with Crippen LogP contribution >= 0.6 is 0 Å². The Balaban J connectivity index is 1.50. The second-order valence-electron chi connectivity index (χ2n) is 8.34. The summed E-state index contributed by atoms with van der Waals surface area (Å²) in [5, 5.41) is 3.15. The van der Waals surface area contributed by atoms with Gasteiger partial charge in [0.15, 0.2) is 0 Å². The van der Waals surface area contributed by atoms with E-state index in [0.29, 0.717) is 18.7 Å². The van der Waals surface area contributed by atoms with E-state index in [4.69, 9.17) is 0 Å². The molecule has 4 nitrogen and oxygen atoms in total. The third-order valence-corrected chi connectivity index (χ3v) is 6.61. The van der Waals surface area contributed by atoms with E-state index < -0.39 is 5.92 Å². The van der Waals surface area contributed by atoms with Gasteiger partial charge < -0.3 is 10.2 Å². The van der Waals surface area contributed by atoms with Crippen LogP contribution in [0, 0.1) is 0 Å². The Kier molecular flexibility index (Phi) is 5.06. The molecule has 0 aromatic heterocycles. The number of carbonyl (C=O) groups is 2. The fourth-order valence-corrected chi connectivity index (χ4v) is 4.95. The van der Waals surface area contributed by atoms with Gasteiger partial charge in [0, 0.05) is 18.7 Å². The minimum Gasteiger partial charge on any atom is -0.351 e. The molecule has 2 heterocycles. The predicted molar refractivity (Wildman–Crippen MR) is 121 cm³/mol. The van der Waals surface area contributed by atoms with E-state index in [1.165, 1.54) is 11.1 Å². The van der Waals surface area contributed by atoms with Crippen LogP contribution in [0.5, 0.6) is 0 Å². The second-order valence-corrected chi connectivity index (χ2v) is 8.34. The van der Waals surface area contributed by atoms with Gasteiger partial charge in [-0.05, 0) is 46.7 Å². The molecule has 31 heavy (non-hydrogen) atoms. The van der Waals surface area contributed by atoms with Crippen LogP contribution in [0.4, 0.5) is 0 Å². The van der Waals surface area contributed by atoms with Crippen LogP contribution in [-0.4, -0.2) is 23.3 Å². The normalized spacial score (nSPS) is 19.3. The molecule has 0 saturated carbocycles.